The number of oxazole rings is 1. The summed E-state index contributed by atoms with van der Waals surface area (Å²) in [6.07, 6.45) is 7.14. The maximum atomic E-state index is 13.3. The van der Waals surface area contributed by atoms with E-state index in [4.69, 9.17) is 9.52 Å². The first-order valence-electron chi connectivity index (χ1n) is 14.0. The Morgan fingerprint density at radius 3 is 2.35 bits per heavy atom. The Hall–Kier alpha value is -3.24. The zero-order valence-electron chi connectivity index (χ0n) is 23.2. The Morgan fingerprint density at radius 1 is 1.02 bits per heavy atom. The first-order valence-corrected chi connectivity index (χ1v) is 15.5. The van der Waals surface area contributed by atoms with Gasteiger partial charge in [0.1, 0.15) is 0 Å². The largest absolute Gasteiger partial charge is 0.481 e. The summed E-state index contributed by atoms with van der Waals surface area (Å²) in [5, 5.41) is 13.2. The quantitative estimate of drug-likeness (QED) is 0.336. The van der Waals surface area contributed by atoms with Gasteiger partial charge in [-0.1, -0.05) is 56.4 Å². The number of nitrogens with zero attached hydrogens (tertiary/aromatic N) is 1. The van der Waals surface area contributed by atoms with E-state index in [2.05, 4.69) is 15.0 Å². The summed E-state index contributed by atoms with van der Waals surface area (Å²) in [5.74, 6) is -0.928. The number of aromatic nitrogens is 1. The molecule has 2 aliphatic carbocycles. The van der Waals surface area contributed by atoms with Crippen molar-refractivity contribution in [3.8, 4) is 11.3 Å². The Labute approximate surface area is 234 Å². The number of amides is 1. The monoisotopic (exact) mass is 567 g/mol. The fraction of sp³-hybridized carbons (Fsp3) is 0.500. The smallest absolute Gasteiger partial charge is 0.307 e. The number of carbonyl (C=O) groups is 2. The minimum Gasteiger partial charge on any atom is -0.481 e. The van der Waals surface area contributed by atoms with E-state index in [1.54, 1.807) is 45.0 Å². The van der Waals surface area contributed by atoms with Gasteiger partial charge in [-0.2, -0.15) is 0 Å². The van der Waals surface area contributed by atoms with E-state index >= 15 is 0 Å². The summed E-state index contributed by atoms with van der Waals surface area (Å²) in [6.45, 7) is 5.39. The second-order valence-corrected chi connectivity index (χ2v) is 13.8. The number of fused-ring (bicyclic) bond motifs is 1. The number of nitrogens with one attached hydrogen (secondary N) is 2. The van der Waals surface area contributed by atoms with Gasteiger partial charge >= 0.3 is 11.9 Å². The third kappa shape index (κ3) is 6.07. The maximum Gasteiger partial charge on any atom is 0.307 e. The molecule has 1 aromatic heterocycles. The number of hydrogen-bond donors (Lipinski definition) is 3. The number of rotatable bonds is 8. The third-order valence-electron chi connectivity index (χ3n) is 7.78. The summed E-state index contributed by atoms with van der Waals surface area (Å²) in [7, 11) is -3.81. The molecule has 2 saturated carbocycles. The van der Waals surface area contributed by atoms with Crippen molar-refractivity contribution >= 4 is 32.7 Å². The minimum atomic E-state index is -3.81. The van der Waals surface area contributed by atoms with Crippen LogP contribution in [0.25, 0.3) is 22.1 Å². The van der Waals surface area contributed by atoms with Crippen molar-refractivity contribution in [3.05, 3.63) is 48.0 Å². The Morgan fingerprint density at radius 2 is 1.70 bits per heavy atom. The molecule has 0 spiro atoms. The van der Waals surface area contributed by atoms with Crippen LogP contribution in [0.2, 0.25) is 0 Å². The van der Waals surface area contributed by atoms with Gasteiger partial charge in [0.15, 0.2) is 5.76 Å². The molecule has 2 aromatic carbocycles. The van der Waals surface area contributed by atoms with E-state index in [1.807, 2.05) is 12.1 Å². The number of sulfonamides is 1. The summed E-state index contributed by atoms with van der Waals surface area (Å²) >= 11 is 0. The summed E-state index contributed by atoms with van der Waals surface area (Å²) < 4.78 is 35.5. The topological polar surface area (TPSA) is 139 Å². The van der Waals surface area contributed by atoms with Crippen molar-refractivity contribution in [3.63, 3.8) is 0 Å². The van der Waals surface area contributed by atoms with Gasteiger partial charge in [-0.25, -0.2) is 18.1 Å². The molecule has 0 aliphatic heterocycles. The lowest BCUT2D eigenvalue weighted by atomic mass is 9.80. The number of benzene rings is 2. The average Bonchev–Trinajstić information content (AvgIpc) is 3.27. The first-order chi connectivity index (χ1) is 18.9. The normalized spacial score (nSPS) is 20.3. The minimum absolute atomic E-state index is 0.0604. The Balaban J connectivity index is 1.53. The molecule has 0 saturated heterocycles. The second-order valence-electron chi connectivity index (χ2n) is 12.2. The number of hydrogen-bond acceptors (Lipinski definition) is 6. The molecule has 2 aliphatic rings. The number of carboxylic acids is 1. The van der Waals surface area contributed by atoms with Gasteiger partial charge in [0.2, 0.25) is 10.0 Å². The average molecular weight is 568 g/mol. The van der Waals surface area contributed by atoms with Gasteiger partial charge < -0.3 is 14.8 Å². The highest BCUT2D eigenvalue weighted by Gasteiger charge is 2.36. The van der Waals surface area contributed by atoms with Crippen LogP contribution >= 0.6 is 0 Å². The molecule has 3 N–H and O–H groups in total. The van der Waals surface area contributed by atoms with E-state index in [9.17, 15) is 18.0 Å². The highest BCUT2D eigenvalue weighted by molar-refractivity contribution is 7.89. The molecule has 0 atom stereocenters. The Kier molecular flexibility index (Phi) is 7.76. The van der Waals surface area contributed by atoms with Crippen LogP contribution in [-0.4, -0.2) is 42.0 Å². The number of carboxylic acid groups (broad SMARTS) is 1. The molecule has 40 heavy (non-hydrogen) atoms. The maximum absolute atomic E-state index is 13.3. The fourth-order valence-corrected chi connectivity index (χ4v) is 7.44. The van der Waals surface area contributed by atoms with Crippen LogP contribution < -0.4 is 10.0 Å². The fourth-order valence-electron chi connectivity index (χ4n) is 5.81. The van der Waals surface area contributed by atoms with Crippen molar-refractivity contribution in [2.24, 2.45) is 11.8 Å². The van der Waals surface area contributed by atoms with Crippen LogP contribution in [0.1, 0.15) is 82.1 Å². The number of carbonyl (C=O) groups excluding carboxylic acids is 1. The second kappa shape index (κ2) is 11.0. The van der Waals surface area contributed by atoms with E-state index in [0.29, 0.717) is 53.0 Å². The predicted molar refractivity (Wildman–Crippen MR) is 151 cm³/mol. The van der Waals surface area contributed by atoms with Crippen LogP contribution in [0.4, 0.5) is 0 Å². The molecular formula is C30H37N3O6S. The molecular weight excluding hydrogens is 530 g/mol. The summed E-state index contributed by atoms with van der Waals surface area (Å²) in [5.41, 5.74) is 0.712. The van der Waals surface area contributed by atoms with Crippen molar-refractivity contribution in [2.75, 3.05) is 0 Å². The zero-order chi connectivity index (χ0) is 28.7. The molecule has 1 amide bonds. The first kappa shape index (κ1) is 28.3. The SMILES string of the molecule is CC(C)(C)NS(=O)(=O)c1ccc(-c2oc(C(=O)N[C@H]3C[C@H](C(=O)O)C3)nc2CC2CCCCC2)c2ccccc12. The van der Waals surface area contributed by atoms with E-state index in [0.717, 1.165) is 25.7 Å². The lowest BCUT2D eigenvalue weighted by Crippen LogP contribution is -2.46. The molecule has 0 radical (unpaired) electrons. The molecule has 0 unspecified atom stereocenters. The molecule has 3 aromatic rings. The lowest BCUT2D eigenvalue weighted by molar-refractivity contribution is -0.145. The van der Waals surface area contributed by atoms with Crippen LogP contribution in [-0.2, 0) is 21.2 Å². The predicted octanol–water partition coefficient (Wildman–Crippen LogP) is 5.29. The van der Waals surface area contributed by atoms with Crippen LogP contribution in [0, 0.1) is 11.8 Å². The molecule has 1 heterocycles. The molecule has 5 rings (SSSR count). The molecule has 214 valence electrons. The lowest BCUT2D eigenvalue weighted by Gasteiger charge is -2.32. The van der Waals surface area contributed by atoms with Gasteiger partial charge in [-0.3, -0.25) is 9.59 Å². The van der Waals surface area contributed by atoms with Crippen molar-refractivity contribution in [1.82, 2.24) is 15.0 Å². The van der Waals surface area contributed by atoms with Crippen molar-refractivity contribution in [2.45, 2.75) is 88.6 Å². The highest BCUT2D eigenvalue weighted by Crippen LogP contribution is 2.38. The van der Waals surface area contributed by atoms with E-state index in [-0.39, 0.29) is 16.8 Å². The van der Waals surface area contributed by atoms with Gasteiger partial charge in [0, 0.05) is 22.5 Å². The summed E-state index contributed by atoms with van der Waals surface area (Å²) in [6, 6.07) is 10.4. The van der Waals surface area contributed by atoms with Gasteiger partial charge in [-0.15, -0.1) is 0 Å². The van der Waals surface area contributed by atoms with Crippen molar-refractivity contribution < 1.29 is 27.5 Å². The van der Waals surface area contributed by atoms with Crippen LogP contribution in [0.5, 0.6) is 0 Å². The van der Waals surface area contributed by atoms with Crippen LogP contribution in [0.3, 0.4) is 0 Å². The zero-order valence-corrected chi connectivity index (χ0v) is 24.0. The van der Waals surface area contributed by atoms with Crippen LogP contribution in [0.15, 0.2) is 45.7 Å². The van der Waals surface area contributed by atoms with E-state index < -0.39 is 33.4 Å². The van der Waals surface area contributed by atoms with Gasteiger partial charge in [-0.05, 0) is 63.5 Å². The van der Waals surface area contributed by atoms with Gasteiger partial charge in [0.05, 0.1) is 16.5 Å². The molecule has 10 heteroatoms. The standard InChI is InChI=1S/C30H37N3O6S/c1-30(2,3)33-40(37,38)25-14-13-23(21-11-7-8-12-22(21)25)26-24(15-18-9-5-4-6-10-18)32-28(39-26)27(34)31-20-16-19(17-20)29(35)36/h7-8,11-14,18-20,33H,4-6,9-10,15-17H2,1-3H3,(H,31,34)(H,35,36)/t19-,20-. The van der Waals surface area contributed by atoms with E-state index in [1.165, 1.54) is 6.42 Å². The summed E-state index contributed by atoms with van der Waals surface area (Å²) in [4.78, 5) is 29.1. The Bertz CT molecular complexity index is 1530. The van der Waals surface area contributed by atoms with Gasteiger partial charge in [0.25, 0.3) is 5.89 Å². The number of aliphatic carboxylic acids is 1. The molecule has 9 nitrogen and oxygen atoms in total. The highest BCUT2D eigenvalue weighted by atomic mass is 32.2. The molecule has 2 fully saturated rings. The van der Waals surface area contributed by atoms with Crippen molar-refractivity contribution in [1.29, 1.82) is 0 Å². The molecule has 0 bridgehead atoms. The third-order valence-corrected chi connectivity index (χ3v) is 9.60.